The molecule has 1 N–H and O–H groups in total. The summed E-state index contributed by atoms with van der Waals surface area (Å²) in [5.41, 5.74) is -0.0699. The lowest BCUT2D eigenvalue weighted by Crippen LogP contribution is -2.54. The lowest BCUT2D eigenvalue weighted by Gasteiger charge is -2.26. The number of rotatable bonds is 6. The number of nitrogens with one attached hydrogen (secondary N) is 1. The van der Waals surface area contributed by atoms with Crippen LogP contribution in [-0.4, -0.2) is 33.4 Å². The van der Waals surface area contributed by atoms with Crippen molar-refractivity contribution >= 4 is 55.7 Å². The molecule has 4 amide bonds. The fourth-order valence-electron chi connectivity index (χ4n) is 3.30. The molecule has 0 unspecified atom stereocenters. The molecule has 184 valence electrons. The average molecular weight is 575 g/mol. The molecule has 0 radical (unpaired) electrons. The molecule has 0 spiro atoms. The molecular weight excluding hydrogens is 559 g/mol. The van der Waals surface area contributed by atoms with Crippen LogP contribution in [0.2, 0.25) is 0 Å². The number of hydrogen-bond acceptors (Lipinski definition) is 7. The van der Waals surface area contributed by atoms with Crippen LogP contribution in [-0.2, 0) is 19.7 Å². The molecule has 0 aromatic heterocycles. The Morgan fingerprint density at radius 1 is 1.00 bits per heavy atom. The molecule has 3 aromatic rings. The summed E-state index contributed by atoms with van der Waals surface area (Å²) in [6.45, 7) is 0. The van der Waals surface area contributed by atoms with Crippen molar-refractivity contribution in [3.05, 3.63) is 88.2 Å². The molecular formula is C24H16BrFN2O7S. The number of carbonyl (C=O) groups is 3. The first-order valence-corrected chi connectivity index (χ1v) is 12.3. The highest BCUT2D eigenvalue weighted by Crippen LogP contribution is 2.39. The number of halogens is 2. The monoisotopic (exact) mass is 574 g/mol. The second kappa shape index (κ2) is 9.91. The molecule has 1 fully saturated rings. The smallest absolute Gasteiger partial charge is 0.339 e. The third kappa shape index (κ3) is 4.99. The lowest BCUT2D eigenvalue weighted by atomic mass is 10.1. The Hall–Kier alpha value is -4.03. The fourth-order valence-corrected chi connectivity index (χ4v) is 4.92. The number of anilines is 1. The number of imide groups is 2. The van der Waals surface area contributed by atoms with Gasteiger partial charge < -0.3 is 8.92 Å². The summed E-state index contributed by atoms with van der Waals surface area (Å²) < 4.78 is 49.3. The molecule has 12 heteroatoms. The van der Waals surface area contributed by atoms with E-state index in [1.807, 2.05) is 0 Å². The molecule has 3 aromatic carbocycles. The minimum Gasteiger partial charge on any atom is -0.493 e. The number of amides is 4. The van der Waals surface area contributed by atoms with Crippen LogP contribution in [0, 0.1) is 5.82 Å². The van der Waals surface area contributed by atoms with E-state index in [0.29, 0.717) is 4.90 Å². The zero-order chi connectivity index (χ0) is 26.0. The molecule has 4 rings (SSSR count). The Balaban J connectivity index is 1.70. The maximum absolute atomic E-state index is 13.3. The van der Waals surface area contributed by atoms with E-state index in [1.54, 1.807) is 18.2 Å². The lowest BCUT2D eigenvalue weighted by molar-refractivity contribution is -0.122. The Bertz CT molecular complexity index is 1510. The van der Waals surface area contributed by atoms with E-state index in [0.717, 1.165) is 12.1 Å². The van der Waals surface area contributed by atoms with Gasteiger partial charge in [-0.05, 0) is 76.1 Å². The SMILES string of the molecule is COc1cc(/C=C2\C(=O)NC(=O)N(c3ccc(F)cc3)C2=O)cc(Br)c1OS(=O)(=O)c1ccccc1. The van der Waals surface area contributed by atoms with Gasteiger partial charge in [0.2, 0.25) is 0 Å². The van der Waals surface area contributed by atoms with Crippen molar-refractivity contribution in [3.63, 3.8) is 0 Å². The predicted octanol–water partition coefficient (Wildman–Crippen LogP) is 4.03. The number of barbiturate groups is 1. The molecule has 1 saturated heterocycles. The van der Waals surface area contributed by atoms with E-state index in [-0.39, 0.29) is 32.1 Å². The summed E-state index contributed by atoms with van der Waals surface area (Å²) in [6, 6.07) is 13.9. The van der Waals surface area contributed by atoms with Crippen molar-refractivity contribution in [1.29, 1.82) is 0 Å². The summed E-state index contributed by atoms with van der Waals surface area (Å²) in [6.07, 6.45) is 1.20. The van der Waals surface area contributed by atoms with Gasteiger partial charge >= 0.3 is 16.1 Å². The first kappa shape index (κ1) is 25.1. The third-order valence-electron chi connectivity index (χ3n) is 4.97. The summed E-state index contributed by atoms with van der Waals surface area (Å²) in [5, 5.41) is 2.07. The van der Waals surface area contributed by atoms with Gasteiger partial charge in [0.1, 0.15) is 16.3 Å². The van der Waals surface area contributed by atoms with Gasteiger partial charge in [0.25, 0.3) is 11.8 Å². The topological polar surface area (TPSA) is 119 Å². The minimum absolute atomic E-state index is 0.00846. The standard InChI is InChI=1S/C24H16BrFN2O7S/c1-34-20-13-14(12-19(25)21(20)35-36(32,33)17-5-3-2-4-6-17)11-18-22(29)27-24(31)28(23(18)30)16-9-7-15(26)8-10-16/h2-13H,1H3,(H,27,29,31)/b18-11+. The second-order valence-corrected chi connectivity index (χ2v) is 9.72. The second-order valence-electron chi connectivity index (χ2n) is 7.32. The molecule has 0 atom stereocenters. The molecule has 0 aliphatic carbocycles. The van der Waals surface area contributed by atoms with Crippen molar-refractivity contribution in [2.45, 2.75) is 4.90 Å². The zero-order valence-electron chi connectivity index (χ0n) is 18.4. The van der Waals surface area contributed by atoms with Crippen LogP contribution >= 0.6 is 15.9 Å². The molecule has 9 nitrogen and oxygen atoms in total. The highest BCUT2D eigenvalue weighted by atomic mass is 79.9. The van der Waals surface area contributed by atoms with Gasteiger partial charge in [-0.3, -0.25) is 14.9 Å². The first-order valence-electron chi connectivity index (χ1n) is 10.1. The molecule has 1 aliphatic rings. The van der Waals surface area contributed by atoms with E-state index in [9.17, 15) is 27.2 Å². The zero-order valence-corrected chi connectivity index (χ0v) is 20.8. The maximum atomic E-state index is 13.3. The van der Waals surface area contributed by atoms with Crippen LogP contribution in [0.4, 0.5) is 14.9 Å². The van der Waals surface area contributed by atoms with Crippen LogP contribution in [0.3, 0.4) is 0 Å². The quantitative estimate of drug-likeness (QED) is 0.268. The van der Waals surface area contributed by atoms with Crippen molar-refractivity contribution in [3.8, 4) is 11.5 Å². The number of benzene rings is 3. The van der Waals surface area contributed by atoms with Crippen LogP contribution in [0.15, 0.2) is 81.7 Å². The van der Waals surface area contributed by atoms with Gasteiger partial charge in [0.15, 0.2) is 11.5 Å². The summed E-state index contributed by atoms with van der Waals surface area (Å²) in [7, 11) is -2.90. The molecule has 0 bridgehead atoms. The van der Waals surface area contributed by atoms with E-state index >= 15 is 0 Å². The Morgan fingerprint density at radius 3 is 2.31 bits per heavy atom. The predicted molar refractivity (Wildman–Crippen MR) is 130 cm³/mol. The van der Waals surface area contributed by atoms with Gasteiger partial charge in [-0.15, -0.1) is 0 Å². The van der Waals surface area contributed by atoms with E-state index in [4.69, 9.17) is 8.92 Å². The fraction of sp³-hybridized carbons (Fsp3) is 0.0417. The number of urea groups is 1. The first-order chi connectivity index (χ1) is 17.1. The van der Waals surface area contributed by atoms with Crippen molar-refractivity contribution < 1.29 is 36.1 Å². The van der Waals surface area contributed by atoms with Gasteiger partial charge in [0, 0.05) is 0 Å². The molecule has 1 aliphatic heterocycles. The van der Waals surface area contributed by atoms with Crippen LogP contribution in [0.1, 0.15) is 5.56 Å². The summed E-state index contributed by atoms with van der Waals surface area (Å²) in [4.78, 5) is 38.4. The number of methoxy groups -OCH3 is 1. The molecule has 36 heavy (non-hydrogen) atoms. The van der Waals surface area contributed by atoms with Gasteiger partial charge in [-0.1, -0.05) is 18.2 Å². The number of ether oxygens (including phenoxy) is 1. The molecule has 0 saturated carbocycles. The third-order valence-corrected chi connectivity index (χ3v) is 6.80. The maximum Gasteiger partial charge on any atom is 0.339 e. The normalized spacial score (nSPS) is 15.1. The van der Waals surface area contributed by atoms with Crippen LogP contribution in [0.5, 0.6) is 11.5 Å². The highest BCUT2D eigenvalue weighted by molar-refractivity contribution is 9.10. The Morgan fingerprint density at radius 2 is 1.67 bits per heavy atom. The van der Waals surface area contributed by atoms with Gasteiger partial charge in [0.05, 0.1) is 17.3 Å². The van der Waals surface area contributed by atoms with E-state index in [1.165, 1.54) is 49.6 Å². The van der Waals surface area contributed by atoms with Crippen LogP contribution < -0.4 is 19.1 Å². The van der Waals surface area contributed by atoms with E-state index < -0.39 is 39.4 Å². The largest absolute Gasteiger partial charge is 0.493 e. The number of carbonyl (C=O) groups excluding carboxylic acids is 3. The molecule has 1 heterocycles. The average Bonchev–Trinajstić information content (AvgIpc) is 2.84. The number of hydrogen-bond donors (Lipinski definition) is 1. The highest BCUT2D eigenvalue weighted by Gasteiger charge is 2.37. The van der Waals surface area contributed by atoms with Crippen molar-refractivity contribution in [1.82, 2.24) is 5.32 Å². The van der Waals surface area contributed by atoms with Crippen molar-refractivity contribution in [2.24, 2.45) is 0 Å². The van der Waals surface area contributed by atoms with Crippen molar-refractivity contribution in [2.75, 3.05) is 12.0 Å². The van der Waals surface area contributed by atoms with Crippen LogP contribution in [0.25, 0.3) is 6.08 Å². The van der Waals surface area contributed by atoms with Gasteiger partial charge in [-0.2, -0.15) is 8.42 Å². The Labute approximate surface area is 213 Å². The Kier molecular flexibility index (Phi) is 6.91. The number of nitrogens with zero attached hydrogens (tertiary/aromatic N) is 1. The summed E-state index contributed by atoms with van der Waals surface area (Å²) >= 11 is 3.24. The van der Waals surface area contributed by atoms with Gasteiger partial charge in [-0.25, -0.2) is 14.1 Å². The van der Waals surface area contributed by atoms with E-state index in [2.05, 4.69) is 21.2 Å². The summed E-state index contributed by atoms with van der Waals surface area (Å²) in [5.74, 6) is -2.59. The minimum atomic E-state index is -4.19.